The average molecular weight is 469 g/mol. The van der Waals surface area contributed by atoms with Crippen LogP contribution in [0.1, 0.15) is 27.0 Å². The molecule has 0 atom stereocenters. The number of imidazole rings is 2. The maximum atomic E-state index is 11.4. The quantitative estimate of drug-likeness (QED) is 0.289. The van der Waals surface area contributed by atoms with Crippen molar-refractivity contribution in [2.24, 2.45) is 0 Å². The number of aromatic amines is 2. The summed E-state index contributed by atoms with van der Waals surface area (Å²) in [6.45, 7) is 1.73. The molecule has 0 unspecified atom stereocenters. The molecular weight excluding hydrogens is 452 g/mol. The Morgan fingerprint density at radius 2 is 1.91 bits per heavy atom. The minimum atomic E-state index is -1.02. The summed E-state index contributed by atoms with van der Waals surface area (Å²) >= 11 is 6.43. The van der Waals surface area contributed by atoms with Crippen LogP contribution in [0.4, 0.5) is 0 Å². The molecule has 0 saturated carbocycles. The van der Waals surface area contributed by atoms with Crippen molar-refractivity contribution in [3.05, 3.63) is 94.4 Å². The molecule has 3 aromatic carbocycles. The van der Waals surface area contributed by atoms with Crippen LogP contribution in [0.2, 0.25) is 5.02 Å². The molecule has 0 aliphatic rings. The molecule has 0 aliphatic carbocycles. The van der Waals surface area contributed by atoms with E-state index in [1.807, 2.05) is 24.3 Å². The van der Waals surface area contributed by atoms with E-state index in [9.17, 15) is 9.90 Å². The second kappa shape index (κ2) is 8.77. The zero-order valence-electron chi connectivity index (χ0n) is 17.9. The number of carboxylic acid groups (broad SMARTS) is 1. The molecule has 3 N–H and O–H groups in total. The topological polar surface area (TPSA) is 104 Å². The molecule has 0 aliphatic heterocycles. The molecule has 2 aromatic heterocycles. The molecule has 34 heavy (non-hydrogen) atoms. The van der Waals surface area contributed by atoms with Crippen LogP contribution in [0.5, 0.6) is 11.8 Å². The number of nitrogens with zero attached hydrogens (tertiary/aromatic N) is 2. The second-order valence-electron chi connectivity index (χ2n) is 7.57. The van der Waals surface area contributed by atoms with Crippen molar-refractivity contribution in [3.63, 3.8) is 0 Å². The molecule has 5 rings (SSSR count). The number of carbonyl (C=O) groups is 1. The van der Waals surface area contributed by atoms with E-state index in [1.165, 1.54) is 6.07 Å². The summed E-state index contributed by atoms with van der Waals surface area (Å²) in [5, 5.41) is 9.78. The molecule has 0 saturated heterocycles. The van der Waals surface area contributed by atoms with E-state index in [0.29, 0.717) is 32.9 Å². The zero-order valence-corrected chi connectivity index (χ0v) is 18.6. The summed E-state index contributed by atoms with van der Waals surface area (Å²) in [6, 6.07) is 16.4. The smallest absolute Gasteiger partial charge is 0.336 e. The summed E-state index contributed by atoms with van der Waals surface area (Å²) in [5.41, 5.74) is 5.59. The van der Waals surface area contributed by atoms with E-state index in [1.54, 1.807) is 43.7 Å². The SMILES string of the molecule is Cc1ccc(Oc2nc3cc(Cl)c(C#Cc4ccc(-c5cnc[nH]5)cc4)cc3[nH]2)cc1C(=O)O. The number of fused-ring (bicyclic) bond motifs is 1. The average Bonchev–Trinajstić information content (AvgIpc) is 3.49. The molecule has 166 valence electrons. The molecule has 8 heteroatoms. The first-order valence-electron chi connectivity index (χ1n) is 10.3. The Bertz CT molecular complexity index is 1580. The van der Waals surface area contributed by atoms with Crippen molar-refractivity contribution in [3.8, 4) is 34.9 Å². The fraction of sp³-hybridized carbons (Fsp3) is 0.0385. The van der Waals surface area contributed by atoms with Gasteiger partial charge in [0.05, 0.1) is 39.8 Å². The minimum Gasteiger partial charge on any atom is -0.478 e. The van der Waals surface area contributed by atoms with Crippen LogP contribution >= 0.6 is 11.6 Å². The largest absolute Gasteiger partial charge is 0.478 e. The summed E-state index contributed by atoms with van der Waals surface area (Å²) < 4.78 is 5.74. The van der Waals surface area contributed by atoms with Gasteiger partial charge in [-0.2, -0.15) is 4.98 Å². The Hall–Kier alpha value is -4.54. The van der Waals surface area contributed by atoms with E-state index in [2.05, 4.69) is 31.8 Å². The number of carboxylic acids is 1. The van der Waals surface area contributed by atoms with Gasteiger partial charge in [-0.1, -0.05) is 41.6 Å². The highest BCUT2D eigenvalue weighted by Crippen LogP contribution is 2.27. The number of nitrogens with one attached hydrogen (secondary N) is 2. The van der Waals surface area contributed by atoms with Gasteiger partial charge in [0.25, 0.3) is 6.01 Å². The Morgan fingerprint density at radius 1 is 1.09 bits per heavy atom. The number of H-pyrrole nitrogens is 2. The Balaban J connectivity index is 1.39. The highest BCUT2D eigenvalue weighted by Gasteiger charge is 2.12. The summed E-state index contributed by atoms with van der Waals surface area (Å²) in [4.78, 5) is 25.9. The Morgan fingerprint density at radius 3 is 2.65 bits per heavy atom. The lowest BCUT2D eigenvalue weighted by molar-refractivity contribution is 0.0695. The fourth-order valence-corrected chi connectivity index (χ4v) is 3.65. The number of aryl methyl sites for hydroxylation is 1. The molecule has 7 nitrogen and oxygen atoms in total. The van der Waals surface area contributed by atoms with Gasteiger partial charge in [0.2, 0.25) is 0 Å². The van der Waals surface area contributed by atoms with Gasteiger partial charge in [0.1, 0.15) is 5.75 Å². The first kappa shape index (κ1) is 21.3. The van der Waals surface area contributed by atoms with Crippen molar-refractivity contribution in [1.82, 2.24) is 19.9 Å². The van der Waals surface area contributed by atoms with Gasteiger partial charge in [0, 0.05) is 11.1 Å². The number of aromatic carboxylic acids is 1. The lowest BCUT2D eigenvalue weighted by Crippen LogP contribution is -2.00. The molecule has 2 heterocycles. The number of ether oxygens (including phenoxy) is 1. The van der Waals surface area contributed by atoms with Gasteiger partial charge in [-0.3, -0.25) is 0 Å². The van der Waals surface area contributed by atoms with Gasteiger partial charge < -0.3 is 19.8 Å². The summed E-state index contributed by atoms with van der Waals surface area (Å²) in [6.07, 6.45) is 3.41. The highest BCUT2D eigenvalue weighted by atomic mass is 35.5. The molecule has 0 spiro atoms. The first-order chi connectivity index (χ1) is 16.5. The summed E-state index contributed by atoms with van der Waals surface area (Å²) in [7, 11) is 0. The maximum Gasteiger partial charge on any atom is 0.336 e. The third-order valence-corrected chi connectivity index (χ3v) is 5.55. The second-order valence-corrected chi connectivity index (χ2v) is 7.97. The third-order valence-electron chi connectivity index (χ3n) is 5.24. The molecule has 0 bridgehead atoms. The first-order valence-corrected chi connectivity index (χ1v) is 10.7. The van der Waals surface area contributed by atoms with Crippen LogP contribution in [0.25, 0.3) is 22.3 Å². The zero-order chi connectivity index (χ0) is 23.7. The van der Waals surface area contributed by atoms with Crippen molar-refractivity contribution < 1.29 is 14.6 Å². The Kier molecular flexibility index (Phi) is 5.50. The van der Waals surface area contributed by atoms with Crippen LogP contribution < -0.4 is 4.74 Å². The number of aromatic nitrogens is 4. The lowest BCUT2D eigenvalue weighted by Gasteiger charge is -2.05. The van der Waals surface area contributed by atoms with Crippen LogP contribution in [-0.4, -0.2) is 31.0 Å². The predicted octanol–water partition coefficient (Wildman–Crippen LogP) is 5.81. The van der Waals surface area contributed by atoms with Crippen LogP contribution in [0, 0.1) is 18.8 Å². The Labute approximate surface area is 199 Å². The number of benzene rings is 3. The predicted molar refractivity (Wildman–Crippen MR) is 129 cm³/mol. The van der Waals surface area contributed by atoms with Gasteiger partial charge in [-0.25, -0.2) is 9.78 Å². The highest BCUT2D eigenvalue weighted by molar-refractivity contribution is 6.32. The van der Waals surface area contributed by atoms with Crippen LogP contribution in [0.3, 0.4) is 0 Å². The van der Waals surface area contributed by atoms with Crippen molar-refractivity contribution >= 4 is 28.6 Å². The van der Waals surface area contributed by atoms with E-state index in [-0.39, 0.29) is 11.6 Å². The van der Waals surface area contributed by atoms with Gasteiger partial charge in [-0.05, 0) is 54.4 Å². The summed E-state index contributed by atoms with van der Waals surface area (Å²) in [5.74, 6) is 5.58. The number of hydrogen-bond donors (Lipinski definition) is 3. The van der Waals surface area contributed by atoms with E-state index < -0.39 is 5.97 Å². The maximum absolute atomic E-state index is 11.4. The lowest BCUT2D eigenvalue weighted by atomic mass is 10.1. The monoisotopic (exact) mass is 468 g/mol. The van der Waals surface area contributed by atoms with Gasteiger partial charge in [0.15, 0.2) is 0 Å². The minimum absolute atomic E-state index is 0.173. The molecule has 0 amide bonds. The standard InChI is InChI=1S/C26H17ClN4O3/c1-15-2-9-19(11-20(15)25(32)33)34-26-30-22-10-18(21(27)12-23(22)31-26)8-5-16-3-6-17(7-4-16)24-13-28-14-29-24/h2-4,6-7,9-14H,1H3,(H,28,29)(H,30,31)(H,32,33). The molecule has 0 radical (unpaired) electrons. The third kappa shape index (κ3) is 4.35. The van der Waals surface area contributed by atoms with Gasteiger partial charge >= 0.3 is 5.97 Å². The van der Waals surface area contributed by atoms with Gasteiger partial charge in [-0.15, -0.1) is 0 Å². The van der Waals surface area contributed by atoms with Crippen LogP contribution in [-0.2, 0) is 0 Å². The van der Waals surface area contributed by atoms with Crippen LogP contribution in [0.15, 0.2) is 67.1 Å². The molecular formula is C26H17ClN4O3. The van der Waals surface area contributed by atoms with E-state index in [0.717, 1.165) is 16.8 Å². The van der Waals surface area contributed by atoms with E-state index in [4.69, 9.17) is 16.3 Å². The van der Waals surface area contributed by atoms with Crippen molar-refractivity contribution in [1.29, 1.82) is 0 Å². The molecule has 5 aromatic rings. The number of halogens is 1. The van der Waals surface area contributed by atoms with Crippen molar-refractivity contribution in [2.75, 3.05) is 0 Å². The molecule has 0 fully saturated rings. The van der Waals surface area contributed by atoms with Crippen molar-refractivity contribution in [2.45, 2.75) is 6.92 Å². The number of rotatable bonds is 4. The van der Waals surface area contributed by atoms with E-state index >= 15 is 0 Å². The number of hydrogen-bond acceptors (Lipinski definition) is 4. The normalized spacial score (nSPS) is 10.6. The fourth-order valence-electron chi connectivity index (χ4n) is 3.45.